The highest BCUT2D eigenvalue weighted by atomic mass is 35.5. The molecule has 0 amide bonds. The minimum absolute atomic E-state index is 0.339. The van der Waals surface area contributed by atoms with Gasteiger partial charge in [0.05, 0.1) is 11.6 Å². The largest absolute Gasteiger partial charge is 0.192 e. The second-order valence-electron chi connectivity index (χ2n) is 1.36. The minimum Gasteiger partial charge on any atom is -0.192 e. The summed E-state index contributed by atoms with van der Waals surface area (Å²) in [5, 5.41) is 8.62. The topological polar surface area (TPSA) is 23.8 Å². The van der Waals surface area contributed by atoms with Crippen molar-refractivity contribution in [3.63, 3.8) is 0 Å². The van der Waals surface area contributed by atoms with E-state index < -0.39 is 0 Å². The van der Waals surface area contributed by atoms with Crippen LogP contribution in [0.4, 0.5) is 0 Å². The first kappa shape index (κ1) is 8.00. The van der Waals surface area contributed by atoms with Crippen LogP contribution in [0.3, 0.4) is 0 Å². The summed E-state index contributed by atoms with van der Waals surface area (Å²) in [6, 6.07) is 1.88. The Labute approximate surface area is 59.6 Å². The Bertz CT molecular complexity index is 195. The number of nitriles is 1. The van der Waals surface area contributed by atoms with E-state index in [1.54, 1.807) is 0 Å². The Morgan fingerprint density at radius 2 is 2.22 bits per heavy atom. The summed E-state index contributed by atoms with van der Waals surface area (Å²) in [4.78, 5) is 0. The van der Waals surface area contributed by atoms with Crippen LogP contribution in [0.1, 0.15) is 0 Å². The van der Waals surface area contributed by atoms with Crippen LogP contribution < -0.4 is 0 Å². The first-order chi connectivity index (χ1) is 4.20. The number of allylic oxidation sites excluding steroid dienone is 4. The standard InChI is InChI=1S/C7H6ClN/c1-3-7(5-9)4-6(2)8/h3-4H,1-2H2/b7-4+. The molecule has 2 heteroatoms. The van der Waals surface area contributed by atoms with Gasteiger partial charge in [0.1, 0.15) is 0 Å². The molecule has 0 aromatic rings. The monoisotopic (exact) mass is 139 g/mol. The predicted molar refractivity (Wildman–Crippen MR) is 38.9 cm³/mol. The number of hydrogen-bond donors (Lipinski definition) is 0. The van der Waals surface area contributed by atoms with Crippen molar-refractivity contribution in [3.05, 3.63) is 35.9 Å². The van der Waals surface area contributed by atoms with Gasteiger partial charge < -0.3 is 0 Å². The van der Waals surface area contributed by atoms with Gasteiger partial charge in [0.15, 0.2) is 0 Å². The molecule has 46 valence electrons. The number of halogens is 1. The molecule has 0 aliphatic rings. The van der Waals surface area contributed by atoms with Gasteiger partial charge in [-0.2, -0.15) is 5.26 Å². The lowest BCUT2D eigenvalue weighted by Crippen LogP contribution is -1.68. The average molecular weight is 140 g/mol. The maximum absolute atomic E-state index is 8.29. The highest BCUT2D eigenvalue weighted by Crippen LogP contribution is 2.03. The van der Waals surface area contributed by atoms with Crippen molar-refractivity contribution in [3.8, 4) is 6.07 Å². The number of rotatable bonds is 2. The first-order valence-corrected chi connectivity index (χ1v) is 2.67. The van der Waals surface area contributed by atoms with Gasteiger partial charge in [0.2, 0.25) is 0 Å². The van der Waals surface area contributed by atoms with Crippen molar-refractivity contribution in [2.24, 2.45) is 0 Å². The van der Waals surface area contributed by atoms with Gasteiger partial charge >= 0.3 is 0 Å². The van der Waals surface area contributed by atoms with Gasteiger partial charge in [-0.3, -0.25) is 0 Å². The molecular formula is C7H6ClN. The van der Waals surface area contributed by atoms with Crippen molar-refractivity contribution in [1.29, 1.82) is 5.26 Å². The maximum atomic E-state index is 8.29. The summed E-state index contributed by atoms with van der Waals surface area (Å²) in [7, 11) is 0. The second-order valence-corrected chi connectivity index (χ2v) is 1.85. The summed E-state index contributed by atoms with van der Waals surface area (Å²) in [5.41, 5.74) is 0.426. The molecule has 0 unspecified atom stereocenters. The predicted octanol–water partition coefficient (Wildman–Crippen LogP) is 2.37. The molecule has 0 aliphatic carbocycles. The van der Waals surface area contributed by atoms with E-state index in [1.165, 1.54) is 12.2 Å². The third kappa shape index (κ3) is 3.57. The molecule has 0 saturated carbocycles. The van der Waals surface area contributed by atoms with E-state index in [4.69, 9.17) is 16.9 Å². The van der Waals surface area contributed by atoms with Gasteiger partial charge in [-0.1, -0.05) is 30.8 Å². The van der Waals surface area contributed by atoms with E-state index in [2.05, 4.69) is 13.2 Å². The Morgan fingerprint density at radius 3 is 2.33 bits per heavy atom. The molecular weight excluding hydrogens is 134 g/mol. The Morgan fingerprint density at radius 1 is 1.67 bits per heavy atom. The van der Waals surface area contributed by atoms with Gasteiger partial charge in [0, 0.05) is 5.03 Å². The van der Waals surface area contributed by atoms with E-state index in [-0.39, 0.29) is 0 Å². The lowest BCUT2D eigenvalue weighted by Gasteiger charge is -1.83. The fourth-order valence-corrected chi connectivity index (χ4v) is 0.423. The van der Waals surface area contributed by atoms with E-state index >= 15 is 0 Å². The molecule has 0 aromatic heterocycles. The second kappa shape index (κ2) is 3.94. The third-order valence-corrected chi connectivity index (χ3v) is 0.770. The van der Waals surface area contributed by atoms with E-state index in [9.17, 15) is 0 Å². The molecule has 0 rings (SSSR count). The van der Waals surface area contributed by atoms with Crippen LogP contribution in [0.5, 0.6) is 0 Å². The van der Waals surface area contributed by atoms with Gasteiger partial charge in [-0.05, 0) is 6.08 Å². The van der Waals surface area contributed by atoms with Gasteiger partial charge in [0.25, 0.3) is 0 Å². The molecule has 0 saturated heterocycles. The SMILES string of the molecule is C=C/C(C#N)=C\C(=C)Cl. The van der Waals surface area contributed by atoms with E-state index in [0.717, 1.165) is 0 Å². The lowest BCUT2D eigenvalue weighted by atomic mass is 10.3. The van der Waals surface area contributed by atoms with Crippen LogP contribution in [-0.2, 0) is 0 Å². The van der Waals surface area contributed by atoms with Gasteiger partial charge in [-0.15, -0.1) is 0 Å². The quantitative estimate of drug-likeness (QED) is 0.426. The molecule has 0 atom stereocenters. The van der Waals surface area contributed by atoms with Crippen LogP contribution >= 0.6 is 11.6 Å². The molecule has 9 heavy (non-hydrogen) atoms. The highest BCUT2D eigenvalue weighted by molar-refractivity contribution is 6.30. The van der Waals surface area contributed by atoms with Crippen molar-refractivity contribution < 1.29 is 0 Å². The Kier molecular flexibility index (Phi) is 3.50. The van der Waals surface area contributed by atoms with Crippen LogP contribution in [0.25, 0.3) is 0 Å². The molecule has 0 aliphatic heterocycles. The van der Waals surface area contributed by atoms with Crippen molar-refractivity contribution in [1.82, 2.24) is 0 Å². The summed E-state index contributed by atoms with van der Waals surface area (Å²) in [6.45, 7) is 6.78. The molecule has 1 nitrogen and oxygen atoms in total. The van der Waals surface area contributed by atoms with Crippen LogP contribution in [0.2, 0.25) is 0 Å². The van der Waals surface area contributed by atoms with E-state index in [0.29, 0.717) is 10.6 Å². The molecule has 0 heterocycles. The zero-order chi connectivity index (χ0) is 7.28. The summed E-state index contributed by atoms with van der Waals surface area (Å²) >= 11 is 5.36. The third-order valence-electron chi connectivity index (χ3n) is 0.661. The molecule has 0 fully saturated rings. The van der Waals surface area contributed by atoms with Crippen LogP contribution in [0.15, 0.2) is 35.9 Å². The molecule has 0 N–H and O–H groups in total. The Balaban J connectivity index is 4.30. The summed E-state index contributed by atoms with van der Waals surface area (Å²) in [5.74, 6) is 0. The highest BCUT2D eigenvalue weighted by Gasteiger charge is 1.85. The van der Waals surface area contributed by atoms with E-state index in [1.807, 2.05) is 6.07 Å². The smallest absolute Gasteiger partial charge is 0.0991 e. The zero-order valence-electron chi connectivity index (χ0n) is 4.89. The van der Waals surface area contributed by atoms with Crippen LogP contribution in [0, 0.1) is 11.3 Å². The normalized spacial score (nSPS) is 10.0. The summed E-state index contributed by atoms with van der Waals surface area (Å²) < 4.78 is 0. The molecule has 0 bridgehead atoms. The number of hydrogen-bond acceptors (Lipinski definition) is 1. The average Bonchev–Trinajstić information content (AvgIpc) is 1.82. The molecule has 0 spiro atoms. The molecule has 0 radical (unpaired) electrons. The van der Waals surface area contributed by atoms with Crippen molar-refractivity contribution in [2.45, 2.75) is 0 Å². The van der Waals surface area contributed by atoms with Crippen molar-refractivity contribution in [2.75, 3.05) is 0 Å². The Hall–Kier alpha value is -1.000. The fourth-order valence-electron chi connectivity index (χ4n) is 0.306. The molecule has 0 aromatic carbocycles. The van der Waals surface area contributed by atoms with Gasteiger partial charge in [-0.25, -0.2) is 0 Å². The zero-order valence-corrected chi connectivity index (χ0v) is 5.65. The number of nitrogens with zero attached hydrogens (tertiary/aromatic N) is 1. The van der Waals surface area contributed by atoms with Crippen molar-refractivity contribution >= 4 is 11.6 Å². The minimum atomic E-state index is 0.339. The fraction of sp³-hybridized carbons (Fsp3) is 0. The summed E-state index contributed by atoms with van der Waals surface area (Å²) in [6.07, 6.45) is 2.88. The maximum Gasteiger partial charge on any atom is 0.0991 e. The first-order valence-electron chi connectivity index (χ1n) is 2.29. The lowest BCUT2D eigenvalue weighted by molar-refractivity contribution is 1.50. The van der Waals surface area contributed by atoms with Crippen LogP contribution in [-0.4, -0.2) is 0 Å².